The molecule has 0 bridgehead atoms. The van der Waals surface area contributed by atoms with E-state index in [0.717, 1.165) is 4.88 Å². The molecule has 2 heterocycles. The molecule has 0 atom stereocenters. The number of hydrogen-bond acceptors (Lipinski definition) is 6. The minimum atomic E-state index is -0.453. The molecule has 1 aliphatic rings. The Bertz CT molecular complexity index is 708. The summed E-state index contributed by atoms with van der Waals surface area (Å²) < 4.78 is 20.7. The SMILES string of the molecule is COc1cc(COc2ccc3c(c2)C(=O)CC(C)(C)O3)sn1. The molecule has 0 N–H and O–H groups in total. The van der Waals surface area contributed by atoms with Gasteiger partial charge in [-0.15, -0.1) is 0 Å². The Morgan fingerprint density at radius 2 is 2.18 bits per heavy atom. The van der Waals surface area contributed by atoms with Gasteiger partial charge in [0.25, 0.3) is 0 Å². The Kier molecular flexibility index (Phi) is 3.78. The lowest BCUT2D eigenvalue weighted by atomic mass is 9.93. The van der Waals surface area contributed by atoms with E-state index < -0.39 is 5.60 Å². The largest absolute Gasteiger partial charge is 0.488 e. The van der Waals surface area contributed by atoms with Gasteiger partial charge in [0.05, 0.1) is 24.0 Å². The number of rotatable bonds is 4. The Balaban J connectivity index is 1.74. The lowest BCUT2D eigenvalue weighted by molar-refractivity contribution is 0.0618. The van der Waals surface area contributed by atoms with E-state index in [-0.39, 0.29) is 5.78 Å². The van der Waals surface area contributed by atoms with E-state index in [4.69, 9.17) is 14.2 Å². The van der Waals surface area contributed by atoms with Crippen LogP contribution in [0.3, 0.4) is 0 Å². The number of ether oxygens (including phenoxy) is 3. The maximum absolute atomic E-state index is 12.2. The molecule has 0 spiro atoms. The number of nitrogens with zero attached hydrogens (tertiary/aromatic N) is 1. The molecule has 1 aromatic heterocycles. The molecule has 1 aromatic carbocycles. The Morgan fingerprint density at radius 1 is 1.36 bits per heavy atom. The highest BCUT2D eigenvalue weighted by atomic mass is 32.1. The second kappa shape index (κ2) is 5.61. The van der Waals surface area contributed by atoms with Gasteiger partial charge in [0, 0.05) is 6.07 Å². The third kappa shape index (κ3) is 3.06. The fraction of sp³-hybridized carbons (Fsp3) is 0.375. The second-order valence-electron chi connectivity index (χ2n) is 5.74. The van der Waals surface area contributed by atoms with Crippen molar-refractivity contribution in [2.24, 2.45) is 0 Å². The van der Waals surface area contributed by atoms with Crippen LogP contribution in [0.1, 0.15) is 35.5 Å². The van der Waals surface area contributed by atoms with E-state index in [1.165, 1.54) is 11.5 Å². The summed E-state index contributed by atoms with van der Waals surface area (Å²) in [4.78, 5) is 13.2. The van der Waals surface area contributed by atoms with Crippen LogP contribution in [0.25, 0.3) is 0 Å². The number of benzene rings is 1. The predicted molar refractivity (Wildman–Crippen MR) is 83.1 cm³/mol. The van der Waals surface area contributed by atoms with Crippen LogP contribution in [0, 0.1) is 0 Å². The van der Waals surface area contributed by atoms with Crippen molar-refractivity contribution in [3.63, 3.8) is 0 Å². The van der Waals surface area contributed by atoms with Crippen LogP contribution >= 0.6 is 11.5 Å². The fourth-order valence-electron chi connectivity index (χ4n) is 2.33. The van der Waals surface area contributed by atoms with Gasteiger partial charge in [0.1, 0.15) is 23.7 Å². The molecule has 3 rings (SSSR count). The van der Waals surface area contributed by atoms with Crippen molar-refractivity contribution < 1.29 is 19.0 Å². The van der Waals surface area contributed by atoms with Crippen LogP contribution in [-0.4, -0.2) is 22.9 Å². The lowest BCUT2D eigenvalue weighted by Gasteiger charge is -2.31. The third-order valence-corrected chi connectivity index (χ3v) is 4.09. The van der Waals surface area contributed by atoms with Crippen molar-refractivity contribution in [3.8, 4) is 17.4 Å². The first-order valence-electron chi connectivity index (χ1n) is 6.95. The predicted octanol–water partition coefficient (Wildman–Crippen LogP) is 3.47. The summed E-state index contributed by atoms with van der Waals surface area (Å²) in [5.41, 5.74) is 0.129. The smallest absolute Gasteiger partial charge is 0.225 e. The summed E-state index contributed by atoms with van der Waals surface area (Å²) in [6.07, 6.45) is 0.371. The van der Waals surface area contributed by atoms with E-state index in [1.807, 2.05) is 26.0 Å². The lowest BCUT2D eigenvalue weighted by Crippen LogP contribution is -2.35. The van der Waals surface area contributed by atoms with Crippen molar-refractivity contribution in [1.82, 2.24) is 4.37 Å². The van der Waals surface area contributed by atoms with E-state index >= 15 is 0 Å². The van der Waals surface area contributed by atoms with Crippen molar-refractivity contribution in [2.75, 3.05) is 7.11 Å². The van der Waals surface area contributed by atoms with E-state index in [0.29, 0.717) is 36.0 Å². The first-order chi connectivity index (χ1) is 10.5. The van der Waals surface area contributed by atoms with Gasteiger partial charge in [-0.25, -0.2) is 0 Å². The van der Waals surface area contributed by atoms with Gasteiger partial charge in [-0.05, 0) is 43.6 Å². The highest BCUT2D eigenvalue weighted by molar-refractivity contribution is 7.05. The molecule has 6 heteroatoms. The van der Waals surface area contributed by atoms with Gasteiger partial charge in [-0.2, -0.15) is 4.37 Å². The molecule has 0 unspecified atom stereocenters. The van der Waals surface area contributed by atoms with Gasteiger partial charge in [0.2, 0.25) is 5.88 Å². The molecule has 0 saturated heterocycles. The molecular formula is C16H17NO4S. The number of methoxy groups -OCH3 is 1. The summed E-state index contributed by atoms with van der Waals surface area (Å²) in [7, 11) is 1.58. The van der Waals surface area contributed by atoms with Gasteiger partial charge in [-0.1, -0.05) is 0 Å². The molecule has 22 heavy (non-hydrogen) atoms. The number of Topliss-reactive ketones (excluding diaryl/α,β-unsaturated/α-hetero) is 1. The standard InChI is InChI=1S/C16H17NO4S/c1-16(2)8-13(18)12-6-10(4-5-14(12)21-16)20-9-11-7-15(19-3)17-22-11/h4-7H,8-9H2,1-3H3. The molecule has 0 amide bonds. The molecule has 1 aliphatic heterocycles. The monoisotopic (exact) mass is 319 g/mol. The van der Waals surface area contributed by atoms with Crippen LogP contribution < -0.4 is 14.2 Å². The molecule has 116 valence electrons. The minimum Gasteiger partial charge on any atom is -0.488 e. The number of hydrogen-bond donors (Lipinski definition) is 0. The zero-order valence-corrected chi connectivity index (χ0v) is 13.5. The molecule has 0 aliphatic carbocycles. The Hall–Kier alpha value is -2.08. The van der Waals surface area contributed by atoms with Crippen molar-refractivity contribution >= 4 is 17.3 Å². The summed E-state index contributed by atoms with van der Waals surface area (Å²) in [6, 6.07) is 7.17. The molecule has 0 saturated carbocycles. The highest BCUT2D eigenvalue weighted by Gasteiger charge is 2.32. The summed E-state index contributed by atoms with van der Waals surface area (Å²) >= 11 is 1.33. The first kappa shape index (κ1) is 14.8. The van der Waals surface area contributed by atoms with E-state index in [1.54, 1.807) is 19.2 Å². The number of ketones is 1. The molecule has 5 nitrogen and oxygen atoms in total. The molecule has 0 fully saturated rings. The maximum Gasteiger partial charge on any atom is 0.225 e. The Labute approximate surface area is 133 Å². The number of carbonyl (C=O) groups excluding carboxylic acids is 1. The van der Waals surface area contributed by atoms with Crippen LogP contribution in [0.4, 0.5) is 0 Å². The first-order valence-corrected chi connectivity index (χ1v) is 7.73. The summed E-state index contributed by atoms with van der Waals surface area (Å²) in [5.74, 6) is 1.92. The normalized spacial score (nSPS) is 15.9. The fourth-order valence-corrected chi connectivity index (χ4v) is 2.93. The molecule has 0 radical (unpaired) electrons. The average Bonchev–Trinajstić information content (AvgIpc) is 2.92. The number of aromatic nitrogens is 1. The Morgan fingerprint density at radius 3 is 2.91 bits per heavy atom. The van der Waals surface area contributed by atoms with Gasteiger partial charge in [0.15, 0.2) is 5.78 Å². The summed E-state index contributed by atoms with van der Waals surface area (Å²) in [6.45, 7) is 4.21. The molecular weight excluding hydrogens is 302 g/mol. The van der Waals surface area contributed by atoms with Crippen molar-refractivity contribution in [3.05, 3.63) is 34.7 Å². The topological polar surface area (TPSA) is 57.7 Å². The van der Waals surface area contributed by atoms with Crippen LogP contribution in [0.5, 0.6) is 17.4 Å². The van der Waals surface area contributed by atoms with E-state index in [9.17, 15) is 4.79 Å². The second-order valence-corrected chi connectivity index (χ2v) is 6.63. The van der Waals surface area contributed by atoms with Gasteiger partial charge >= 0.3 is 0 Å². The zero-order valence-electron chi connectivity index (χ0n) is 12.7. The van der Waals surface area contributed by atoms with Crippen molar-refractivity contribution in [1.29, 1.82) is 0 Å². The quantitative estimate of drug-likeness (QED) is 0.863. The summed E-state index contributed by atoms with van der Waals surface area (Å²) in [5, 5.41) is 0. The number of carbonyl (C=O) groups is 1. The average molecular weight is 319 g/mol. The van der Waals surface area contributed by atoms with Crippen LogP contribution in [0.15, 0.2) is 24.3 Å². The van der Waals surface area contributed by atoms with Gasteiger partial charge in [-0.3, -0.25) is 4.79 Å². The zero-order chi connectivity index (χ0) is 15.7. The molecule has 2 aromatic rings. The van der Waals surface area contributed by atoms with Gasteiger partial charge < -0.3 is 14.2 Å². The van der Waals surface area contributed by atoms with Crippen LogP contribution in [0.2, 0.25) is 0 Å². The van der Waals surface area contributed by atoms with E-state index in [2.05, 4.69) is 4.37 Å². The number of fused-ring (bicyclic) bond motifs is 1. The minimum absolute atomic E-state index is 0.0798. The van der Waals surface area contributed by atoms with Crippen LogP contribution in [-0.2, 0) is 6.61 Å². The highest BCUT2D eigenvalue weighted by Crippen LogP contribution is 2.35. The van der Waals surface area contributed by atoms with Crippen molar-refractivity contribution in [2.45, 2.75) is 32.5 Å². The third-order valence-electron chi connectivity index (χ3n) is 3.35. The maximum atomic E-state index is 12.2.